The number of carbonyl (C=O) groups excluding carboxylic acids is 1. The van der Waals surface area contributed by atoms with E-state index in [1.807, 2.05) is 6.92 Å². The third-order valence-corrected chi connectivity index (χ3v) is 2.52. The van der Waals surface area contributed by atoms with E-state index < -0.39 is 5.82 Å². The molecule has 0 saturated heterocycles. The Morgan fingerprint density at radius 2 is 2.12 bits per heavy atom. The highest BCUT2D eigenvalue weighted by Crippen LogP contribution is 2.27. The summed E-state index contributed by atoms with van der Waals surface area (Å²) in [5.41, 5.74) is 0.230. The fourth-order valence-electron chi connectivity index (χ4n) is 1.32. The van der Waals surface area contributed by atoms with Crippen molar-refractivity contribution in [1.29, 1.82) is 0 Å². The number of halogens is 2. The van der Waals surface area contributed by atoms with E-state index in [9.17, 15) is 9.18 Å². The van der Waals surface area contributed by atoms with Crippen molar-refractivity contribution in [3.8, 4) is 5.75 Å². The number of carbonyl (C=O) groups is 1. The standard InChI is InChI=1S/C12H14BrFO3/c1-3-16-4-5-17-12-10(8(2)15)6-9(13)7-11(12)14/h6-7H,3-5H2,1-2H3. The third-order valence-electron chi connectivity index (χ3n) is 2.07. The number of rotatable bonds is 6. The molecule has 0 aliphatic heterocycles. The second kappa shape index (κ2) is 6.71. The number of ether oxygens (including phenoxy) is 2. The zero-order valence-electron chi connectivity index (χ0n) is 9.76. The lowest BCUT2D eigenvalue weighted by Crippen LogP contribution is -2.10. The lowest BCUT2D eigenvalue weighted by molar-refractivity contribution is 0.0984. The van der Waals surface area contributed by atoms with Crippen LogP contribution in [0.1, 0.15) is 24.2 Å². The molecule has 94 valence electrons. The maximum atomic E-state index is 13.6. The first-order valence-electron chi connectivity index (χ1n) is 5.26. The van der Waals surface area contributed by atoms with Gasteiger partial charge in [0.05, 0.1) is 12.2 Å². The van der Waals surface area contributed by atoms with E-state index in [1.54, 1.807) is 6.07 Å². The summed E-state index contributed by atoms with van der Waals surface area (Å²) in [6, 6.07) is 2.81. The van der Waals surface area contributed by atoms with E-state index in [2.05, 4.69) is 15.9 Å². The molecule has 0 aromatic heterocycles. The van der Waals surface area contributed by atoms with E-state index in [1.165, 1.54) is 13.0 Å². The van der Waals surface area contributed by atoms with Gasteiger partial charge in [0.15, 0.2) is 17.3 Å². The largest absolute Gasteiger partial charge is 0.487 e. The Bertz CT molecular complexity index is 407. The van der Waals surface area contributed by atoms with Gasteiger partial charge < -0.3 is 9.47 Å². The van der Waals surface area contributed by atoms with Crippen molar-refractivity contribution in [2.24, 2.45) is 0 Å². The van der Waals surface area contributed by atoms with Gasteiger partial charge in [0.25, 0.3) is 0 Å². The van der Waals surface area contributed by atoms with Crippen LogP contribution < -0.4 is 4.74 Å². The predicted molar refractivity (Wildman–Crippen MR) is 66.1 cm³/mol. The van der Waals surface area contributed by atoms with Gasteiger partial charge in [-0.25, -0.2) is 4.39 Å². The van der Waals surface area contributed by atoms with Gasteiger partial charge in [-0.2, -0.15) is 0 Å². The van der Waals surface area contributed by atoms with Crippen LogP contribution in [0.4, 0.5) is 4.39 Å². The molecule has 0 radical (unpaired) electrons. The molecule has 0 unspecified atom stereocenters. The van der Waals surface area contributed by atoms with Gasteiger partial charge in [0, 0.05) is 11.1 Å². The molecule has 0 saturated carbocycles. The summed E-state index contributed by atoms with van der Waals surface area (Å²) in [6.07, 6.45) is 0. The fourth-order valence-corrected chi connectivity index (χ4v) is 1.75. The topological polar surface area (TPSA) is 35.5 Å². The molecule has 0 amide bonds. The zero-order valence-corrected chi connectivity index (χ0v) is 11.3. The average molecular weight is 305 g/mol. The van der Waals surface area contributed by atoms with Gasteiger partial charge in [-0.1, -0.05) is 15.9 Å². The van der Waals surface area contributed by atoms with Crippen molar-refractivity contribution >= 4 is 21.7 Å². The Kier molecular flexibility index (Phi) is 5.58. The maximum absolute atomic E-state index is 13.6. The van der Waals surface area contributed by atoms with Crippen LogP contribution in [-0.2, 0) is 4.74 Å². The van der Waals surface area contributed by atoms with Gasteiger partial charge in [-0.15, -0.1) is 0 Å². The first-order chi connectivity index (χ1) is 8.06. The van der Waals surface area contributed by atoms with Crippen molar-refractivity contribution < 1.29 is 18.7 Å². The van der Waals surface area contributed by atoms with Gasteiger partial charge in [0.2, 0.25) is 0 Å². The Hall–Kier alpha value is -0.940. The fraction of sp³-hybridized carbons (Fsp3) is 0.417. The Morgan fingerprint density at radius 3 is 2.71 bits per heavy atom. The molecule has 0 N–H and O–H groups in total. The lowest BCUT2D eigenvalue weighted by Gasteiger charge is -2.11. The molecular formula is C12H14BrFO3. The van der Waals surface area contributed by atoms with E-state index >= 15 is 0 Å². The molecule has 0 spiro atoms. The molecular weight excluding hydrogens is 291 g/mol. The Morgan fingerprint density at radius 1 is 1.41 bits per heavy atom. The average Bonchev–Trinajstić information content (AvgIpc) is 2.25. The van der Waals surface area contributed by atoms with E-state index in [0.717, 1.165) is 0 Å². The minimum atomic E-state index is -0.555. The van der Waals surface area contributed by atoms with Gasteiger partial charge in [-0.3, -0.25) is 4.79 Å². The number of benzene rings is 1. The normalized spacial score (nSPS) is 10.4. The van der Waals surface area contributed by atoms with Gasteiger partial charge in [-0.05, 0) is 26.0 Å². The first-order valence-corrected chi connectivity index (χ1v) is 6.06. The van der Waals surface area contributed by atoms with Crippen molar-refractivity contribution in [3.63, 3.8) is 0 Å². The van der Waals surface area contributed by atoms with Crippen molar-refractivity contribution in [2.75, 3.05) is 19.8 Å². The molecule has 0 fully saturated rings. The van der Waals surface area contributed by atoms with Crippen LogP contribution in [0.5, 0.6) is 5.75 Å². The number of Topliss-reactive ketones (excluding diaryl/α,β-unsaturated/α-hetero) is 1. The van der Waals surface area contributed by atoms with Crippen molar-refractivity contribution in [2.45, 2.75) is 13.8 Å². The minimum absolute atomic E-state index is 0.0135. The van der Waals surface area contributed by atoms with Crippen molar-refractivity contribution in [1.82, 2.24) is 0 Å². The van der Waals surface area contributed by atoms with E-state index in [-0.39, 0.29) is 23.7 Å². The summed E-state index contributed by atoms with van der Waals surface area (Å²) in [6.45, 7) is 4.39. The highest BCUT2D eigenvalue weighted by Gasteiger charge is 2.15. The summed E-state index contributed by atoms with van der Waals surface area (Å²) in [4.78, 5) is 11.4. The summed E-state index contributed by atoms with van der Waals surface area (Å²) >= 11 is 3.14. The van der Waals surface area contributed by atoms with Gasteiger partial charge in [0.1, 0.15) is 6.61 Å². The summed E-state index contributed by atoms with van der Waals surface area (Å²) < 4.78 is 24.5. The summed E-state index contributed by atoms with van der Waals surface area (Å²) in [5.74, 6) is -0.807. The maximum Gasteiger partial charge on any atom is 0.166 e. The number of ketones is 1. The third kappa shape index (κ3) is 4.09. The van der Waals surface area contributed by atoms with Gasteiger partial charge >= 0.3 is 0 Å². The zero-order chi connectivity index (χ0) is 12.8. The highest BCUT2D eigenvalue weighted by molar-refractivity contribution is 9.10. The smallest absolute Gasteiger partial charge is 0.166 e. The molecule has 0 aliphatic carbocycles. The van der Waals surface area contributed by atoms with Crippen LogP contribution in [-0.4, -0.2) is 25.6 Å². The second-order valence-electron chi connectivity index (χ2n) is 3.37. The van der Waals surface area contributed by atoms with Crippen LogP contribution in [0.3, 0.4) is 0 Å². The van der Waals surface area contributed by atoms with Crippen LogP contribution in [0.2, 0.25) is 0 Å². The molecule has 0 aliphatic rings. The first kappa shape index (κ1) is 14.1. The monoisotopic (exact) mass is 304 g/mol. The van der Waals surface area contributed by atoms with E-state index in [0.29, 0.717) is 17.7 Å². The van der Waals surface area contributed by atoms with E-state index in [4.69, 9.17) is 9.47 Å². The second-order valence-corrected chi connectivity index (χ2v) is 4.28. The number of hydrogen-bond donors (Lipinski definition) is 0. The quantitative estimate of drug-likeness (QED) is 0.598. The predicted octanol–water partition coefficient (Wildman–Crippen LogP) is 3.21. The molecule has 0 atom stereocenters. The highest BCUT2D eigenvalue weighted by atomic mass is 79.9. The molecule has 3 nitrogen and oxygen atoms in total. The summed E-state index contributed by atoms with van der Waals surface area (Å²) in [7, 11) is 0. The molecule has 1 rings (SSSR count). The molecule has 1 aromatic carbocycles. The Labute approximate surface area is 108 Å². The SMILES string of the molecule is CCOCCOc1c(F)cc(Br)cc1C(C)=O. The molecule has 5 heteroatoms. The number of hydrogen-bond acceptors (Lipinski definition) is 3. The van der Waals surface area contributed by atoms with Crippen LogP contribution in [0, 0.1) is 5.82 Å². The minimum Gasteiger partial charge on any atom is -0.487 e. The molecule has 1 aromatic rings. The summed E-state index contributed by atoms with van der Waals surface area (Å²) in [5, 5.41) is 0. The van der Waals surface area contributed by atoms with Crippen LogP contribution in [0.25, 0.3) is 0 Å². The molecule has 0 bridgehead atoms. The van der Waals surface area contributed by atoms with Crippen LogP contribution in [0.15, 0.2) is 16.6 Å². The Balaban J connectivity index is 2.85. The molecule has 0 heterocycles. The van der Waals surface area contributed by atoms with Crippen molar-refractivity contribution in [3.05, 3.63) is 28.0 Å². The molecule has 17 heavy (non-hydrogen) atoms. The van der Waals surface area contributed by atoms with Crippen LogP contribution >= 0.6 is 15.9 Å². The lowest BCUT2D eigenvalue weighted by atomic mass is 10.1.